The first-order valence-corrected chi connectivity index (χ1v) is 9.26. The molecule has 1 aliphatic heterocycles. The van der Waals surface area contributed by atoms with Gasteiger partial charge in [-0.1, -0.05) is 18.2 Å². The fraction of sp³-hybridized carbons (Fsp3) is 0.389. The molecule has 1 aromatic rings. The monoisotopic (exact) mass is 344 g/mol. The first-order valence-electron chi connectivity index (χ1n) is 8.04. The van der Waals surface area contributed by atoms with Gasteiger partial charge in [-0.3, -0.25) is 19.3 Å². The van der Waals surface area contributed by atoms with Gasteiger partial charge in [-0.25, -0.2) is 0 Å². The zero-order valence-electron chi connectivity index (χ0n) is 13.5. The minimum Gasteiger partial charge on any atom is -0.326 e. The fourth-order valence-electron chi connectivity index (χ4n) is 3.23. The van der Waals surface area contributed by atoms with E-state index in [1.807, 2.05) is 42.7 Å². The Morgan fingerprint density at radius 1 is 1.21 bits per heavy atom. The van der Waals surface area contributed by atoms with Gasteiger partial charge in [0.25, 0.3) is 0 Å². The van der Waals surface area contributed by atoms with Crippen LogP contribution in [0, 0.1) is 11.8 Å². The Bertz CT molecular complexity index is 675. The highest BCUT2D eigenvalue weighted by Gasteiger charge is 2.46. The lowest BCUT2D eigenvalue weighted by Crippen LogP contribution is -2.34. The molecule has 0 radical (unpaired) electrons. The second-order valence-corrected chi connectivity index (χ2v) is 6.89. The standard InChI is InChI=1S/C18H20N2O3S/c1-24-13-6-4-5-12(11-13)19-16(21)9-10-20-17(22)14-7-2-3-8-15(14)18(20)23/h2-6,11,14-15H,7-10H2,1H3,(H,19,21). The lowest BCUT2D eigenvalue weighted by atomic mass is 9.85. The summed E-state index contributed by atoms with van der Waals surface area (Å²) in [7, 11) is 0. The average molecular weight is 344 g/mol. The minimum atomic E-state index is -0.233. The summed E-state index contributed by atoms with van der Waals surface area (Å²) < 4.78 is 0. The predicted molar refractivity (Wildman–Crippen MR) is 93.5 cm³/mol. The molecule has 1 N–H and O–H groups in total. The van der Waals surface area contributed by atoms with Crippen LogP contribution < -0.4 is 5.32 Å². The van der Waals surface area contributed by atoms with Crippen LogP contribution in [0.1, 0.15) is 19.3 Å². The lowest BCUT2D eigenvalue weighted by molar-refractivity contribution is -0.140. The van der Waals surface area contributed by atoms with Gasteiger partial charge in [0.05, 0.1) is 11.8 Å². The molecule has 0 saturated carbocycles. The number of amides is 3. The summed E-state index contributed by atoms with van der Waals surface area (Å²) in [5.74, 6) is -0.924. The van der Waals surface area contributed by atoms with Crippen molar-refractivity contribution in [2.45, 2.75) is 24.2 Å². The van der Waals surface area contributed by atoms with Crippen molar-refractivity contribution in [1.29, 1.82) is 0 Å². The van der Waals surface area contributed by atoms with Crippen LogP contribution >= 0.6 is 11.8 Å². The molecule has 24 heavy (non-hydrogen) atoms. The normalized spacial score (nSPS) is 22.6. The number of likely N-dealkylation sites (tertiary alicyclic amines) is 1. The van der Waals surface area contributed by atoms with E-state index in [0.29, 0.717) is 12.8 Å². The third-order valence-corrected chi connectivity index (χ3v) is 5.24. The predicted octanol–water partition coefficient (Wildman–Crippen LogP) is 2.69. The van der Waals surface area contributed by atoms with Gasteiger partial charge in [-0.2, -0.15) is 0 Å². The quantitative estimate of drug-likeness (QED) is 0.507. The highest BCUT2D eigenvalue weighted by Crippen LogP contribution is 2.35. The maximum Gasteiger partial charge on any atom is 0.233 e. The number of benzene rings is 1. The summed E-state index contributed by atoms with van der Waals surface area (Å²) >= 11 is 1.60. The summed E-state index contributed by atoms with van der Waals surface area (Å²) in [5, 5.41) is 2.82. The van der Waals surface area contributed by atoms with Crippen LogP contribution in [-0.2, 0) is 14.4 Å². The third kappa shape index (κ3) is 3.38. The molecule has 2 unspecified atom stereocenters. The van der Waals surface area contributed by atoms with Crippen molar-refractivity contribution in [1.82, 2.24) is 4.90 Å². The second kappa shape index (κ2) is 7.21. The van der Waals surface area contributed by atoms with Crippen molar-refractivity contribution < 1.29 is 14.4 Å². The number of thioether (sulfide) groups is 1. The number of fused-ring (bicyclic) bond motifs is 1. The molecule has 1 aromatic carbocycles. The van der Waals surface area contributed by atoms with Gasteiger partial charge in [0.2, 0.25) is 17.7 Å². The van der Waals surface area contributed by atoms with Gasteiger partial charge in [0.15, 0.2) is 0 Å². The van der Waals surface area contributed by atoms with Crippen LogP contribution in [-0.4, -0.2) is 35.4 Å². The molecule has 0 bridgehead atoms. The molecule has 0 aromatic heterocycles. The van der Waals surface area contributed by atoms with Gasteiger partial charge in [-0.05, 0) is 37.3 Å². The van der Waals surface area contributed by atoms with Crippen molar-refractivity contribution in [3.63, 3.8) is 0 Å². The number of anilines is 1. The highest BCUT2D eigenvalue weighted by atomic mass is 32.2. The van der Waals surface area contributed by atoms with Crippen molar-refractivity contribution in [3.8, 4) is 0 Å². The van der Waals surface area contributed by atoms with Crippen molar-refractivity contribution in [3.05, 3.63) is 36.4 Å². The van der Waals surface area contributed by atoms with Gasteiger partial charge in [0.1, 0.15) is 0 Å². The molecule has 3 amide bonds. The molecule has 126 valence electrons. The number of hydrogen-bond donors (Lipinski definition) is 1. The van der Waals surface area contributed by atoms with E-state index in [1.54, 1.807) is 11.8 Å². The van der Waals surface area contributed by atoms with Crippen LogP contribution in [0.15, 0.2) is 41.3 Å². The Hall–Kier alpha value is -2.08. The van der Waals surface area contributed by atoms with Gasteiger partial charge >= 0.3 is 0 Å². The molecule has 3 rings (SSSR count). The zero-order valence-corrected chi connectivity index (χ0v) is 14.3. The van der Waals surface area contributed by atoms with Crippen molar-refractivity contribution >= 4 is 35.2 Å². The highest BCUT2D eigenvalue weighted by molar-refractivity contribution is 7.98. The van der Waals surface area contributed by atoms with Crippen LogP contribution in [0.4, 0.5) is 5.69 Å². The Morgan fingerprint density at radius 3 is 2.50 bits per heavy atom. The average Bonchev–Trinajstić information content (AvgIpc) is 2.84. The second-order valence-electron chi connectivity index (χ2n) is 6.01. The van der Waals surface area contributed by atoms with E-state index in [2.05, 4.69) is 5.32 Å². The Balaban J connectivity index is 1.56. The number of hydrogen-bond acceptors (Lipinski definition) is 4. The largest absolute Gasteiger partial charge is 0.326 e. The number of carbonyl (C=O) groups is 3. The van der Waals surface area contributed by atoms with Crippen molar-refractivity contribution in [2.24, 2.45) is 11.8 Å². The topological polar surface area (TPSA) is 66.5 Å². The van der Waals surface area contributed by atoms with E-state index in [0.717, 1.165) is 10.6 Å². The number of imide groups is 1. The van der Waals surface area contributed by atoms with Crippen molar-refractivity contribution in [2.75, 3.05) is 18.1 Å². The van der Waals surface area contributed by atoms with Crippen LogP contribution in [0.2, 0.25) is 0 Å². The smallest absolute Gasteiger partial charge is 0.233 e. The van der Waals surface area contributed by atoms with E-state index in [9.17, 15) is 14.4 Å². The van der Waals surface area contributed by atoms with Gasteiger partial charge < -0.3 is 5.32 Å². The molecule has 2 aliphatic rings. The maximum atomic E-state index is 12.3. The van der Waals surface area contributed by atoms with Crippen LogP contribution in [0.5, 0.6) is 0 Å². The van der Waals surface area contributed by atoms with Crippen LogP contribution in [0.25, 0.3) is 0 Å². The lowest BCUT2D eigenvalue weighted by Gasteiger charge is -2.14. The molecule has 1 heterocycles. The Labute approximate surface area is 145 Å². The molecular formula is C18H20N2O3S. The molecule has 2 atom stereocenters. The number of nitrogens with zero attached hydrogens (tertiary/aromatic N) is 1. The molecular weight excluding hydrogens is 324 g/mol. The van der Waals surface area contributed by atoms with Gasteiger partial charge in [-0.15, -0.1) is 11.8 Å². The SMILES string of the molecule is CSc1cccc(NC(=O)CCN2C(=O)C3CC=CCC3C2=O)c1. The number of allylic oxidation sites excluding steroid dienone is 2. The molecule has 1 saturated heterocycles. The maximum absolute atomic E-state index is 12.3. The molecule has 0 spiro atoms. The molecule has 6 heteroatoms. The first-order chi connectivity index (χ1) is 11.6. The Morgan fingerprint density at radius 2 is 1.88 bits per heavy atom. The number of rotatable bonds is 5. The van der Waals surface area contributed by atoms with E-state index >= 15 is 0 Å². The number of carbonyl (C=O) groups excluding carboxylic acids is 3. The molecule has 1 fully saturated rings. The van der Waals surface area contributed by atoms with E-state index in [1.165, 1.54) is 4.90 Å². The van der Waals surface area contributed by atoms with Crippen LogP contribution in [0.3, 0.4) is 0 Å². The summed E-state index contributed by atoms with van der Waals surface area (Å²) in [6.45, 7) is 0.152. The number of nitrogens with one attached hydrogen (secondary N) is 1. The summed E-state index contributed by atoms with van der Waals surface area (Å²) in [6, 6.07) is 7.57. The van der Waals surface area contributed by atoms with E-state index in [-0.39, 0.29) is 42.5 Å². The third-order valence-electron chi connectivity index (χ3n) is 4.51. The molecule has 1 aliphatic carbocycles. The van der Waals surface area contributed by atoms with E-state index < -0.39 is 0 Å². The van der Waals surface area contributed by atoms with E-state index in [4.69, 9.17) is 0 Å². The summed E-state index contributed by atoms with van der Waals surface area (Å²) in [6.07, 6.45) is 7.26. The summed E-state index contributed by atoms with van der Waals surface area (Å²) in [5.41, 5.74) is 0.726. The fourth-order valence-corrected chi connectivity index (χ4v) is 3.69. The first kappa shape index (κ1) is 16.8. The zero-order chi connectivity index (χ0) is 17.1. The molecule has 5 nitrogen and oxygen atoms in total. The Kier molecular flexibility index (Phi) is 5.04. The minimum absolute atomic E-state index is 0.119. The van der Waals surface area contributed by atoms with Gasteiger partial charge in [0, 0.05) is 23.5 Å². The summed E-state index contributed by atoms with van der Waals surface area (Å²) in [4.78, 5) is 39.1.